The molecule has 7 heteroatoms. The van der Waals surface area contributed by atoms with E-state index in [1.807, 2.05) is 29.2 Å². The van der Waals surface area contributed by atoms with Crippen molar-refractivity contribution in [3.63, 3.8) is 0 Å². The number of rotatable bonds is 7. The molecule has 1 saturated heterocycles. The van der Waals surface area contributed by atoms with Crippen LogP contribution in [0.1, 0.15) is 30.4 Å². The highest BCUT2D eigenvalue weighted by molar-refractivity contribution is 5.75. The van der Waals surface area contributed by atoms with Crippen LogP contribution in [0.4, 0.5) is 13.2 Å². The van der Waals surface area contributed by atoms with E-state index in [9.17, 15) is 18.0 Å². The van der Waals surface area contributed by atoms with Gasteiger partial charge in [0.15, 0.2) is 0 Å². The summed E-state index contributed by atoms with van der Waals surface area (Å²) in [6, 6.07) is 7.75. The zero-order valence-corrected chi connectivity index (χ0v) is 14.5. The Hall–Kier alpha value is -2.04. The first-order valence-electron chi connectivity index (χ1n) is 8.63. The first-order valence-corrected chi connectivity index (χ1v) is 8.63. The zero-order chi connectivity index (χ0) is 19.0. The van der Waals surface area contributed by atoms with Gasteiger partial charge in [-0.15, -0.1) is 6.42 Å². The summed E-state index contributed by atoms with van der Waals surface area (Å²) in [7, 11) is 0. The lowest BCUT2D eigenvalue weighted by Crippen LogP contribution is -2.44. The lowest BCUT2D eigenvalue weighted by Gasteiger charge is -2.30. The Kier molecular flexibility index (Phi) is 7.49. The third kappa shape index (κ3) is 6.70. The van der Waals surface area contributed by atoms with Gasteiger partial charge in [-0.25, -0.2) is 4.79 Å². The molecule has 0 spiro atoms. The number of alkyl halides is 3. The second-order valence-corrected chi connectivity index (χ2v) is 6.36. The molecule has 1 aromatic rings. The van der Waals surface area contributed by atoms with Gasteiger partial charge in [-0.1, -0.05) is 24.5 Å². The summed E-state index contributed by atoms with van der Waals surface area (Å²) in [6.45, 7) is 2.11. The number of ether oxygens (including phenoxy) is 1. The maximum Gasteiger partial charge on any atom is 0.490 e. The third-order valence-electron chi connectivity index (χ3n) is 4.29. The number of hydrogen-bond acceptors (Lipinski definition) is 4. The van der Waals surface area contributed by atoms with Gasteiger partial charge in [0.05, 0.1) is 0 Å². The fourth-order valence-electron chi connectivity index (χ4n) is 2.94. The maximum atomic E-state index is 12.3. The fraction of sp³-hybridized carbons (Fsp3) is 0.526. The summed E-state index contributed by atoms with van der Waals surface area (Å²) < 4.78 is 41.1. The number of terminal acetylenes is 1. The Morgan fingerprint density at radius 2 is 2.04 bits per heavy atom. The number of nitrogens with one attached hydrogen (secondary N) is 1. The van der Waals surface area contributed by atoms with Crippen LogP contribution < -0.4 is 5.32 Å². The molecule has 0 bridgehead atoms. The molecular weight excluding hydrogens is 345 g/mol. The molecule has 0 radical (unpaired) electrons. The summed E-state index contributed by atoms with van der Waals surface area (Å²) >= 11 is 0. The van der Waals surface area contributed by atoms with Crippen molar-refractivity contribution in [1.29, 1.82) is 0 Å². The van der Waals surface area contributed by atoms with E-state index in [1.165, 1.54) is 0 Å². The molecule has 1 heterocycles. The number of halogens is 3. The van der Waals surface area contributed by atoms with Crippen LogP contribution in [0, 0.1) is 12.3 Å². The van der Waals surface area contributed by atoms with Crippen molar-refractivity contribution < 1.29 is 22.7 Å². The van der Waals surface area contributed by atoms with Gasteiger partial charge in [0.1, 0.15) is 6.61 Å². The third-order valence-corrected chi connectivity index (χ3v) is 4.29. The van der Waals surface area contributed by atoms with E-state index in [0.29, 0.717) is 13.1 Å². The first kappa shape index (κ1) is 20.3. The Balaban J connectivity index is 1.93. The Morgan fingerprint density at radius 1 is 1.31 bits per heavy atom. The summed E-state index contributed by atoms with van der Waals surface area (Å²) in [5.74, 6) is 0.400. The minimum atomic E-state index is -4.96. The summed E-state index contributed by atoms with van der Waals surface area (Å²) in [5.41, 5.74) is 1.77. The molecule has 0 saturated carbocycles. The summed E-state index contributed by atoms with van der Waals surface area (Å²) in [6.07, 6.45) is 3.67. The van der Waals surface area contributed by atoms with Crippen LogP contribution >= 0.6 is 0 Å². The number of esters is 1. The van der Waals surface area contributed by atoms with E-state index >= 15 is 0 Å². The fourth-order valence-corrected chi connectivity index (χ4v) is 2.94. The van der Waals surface area contributed by atoms with E-state index in [0.717, 1.165) is 36.9 Å². The van der Waals surface area contributed by atoms with Crippen molar-refractivity contribution in [3.8, 4) is 12.3 Å². The lowest BCUT2D eigenvalue weighted by molar-refractivity contribution is -0.200. The standard InChI is InChI=1S/C19H23F3N2O2/c1-2-15-6-8-16(9-7-15)13-24(14-17-5-3-4-10-23-17)11-12-26-18(25)19(20,21)22/h1,6-9,17,23H,3-5,10-14H2. The number of carbonyl (C=O) groups excluding carboxylic acids is 1. The van der Waals surface area contributed by atoms with Crippen LogP contribution in [0.25, 0.3) is 0 Å². The van der Waals surface area contributed by atoms with Crippen molar-refractivity contribution in [2.45, 2.75) is 38.0 Å². The van der Waals surface area contributed by atoms with E-state index in [4.69, 9.17) is 6.42 Å². The van der Waals surface area contributed by atoms with Crippen LogP contribution in [0.15, 0.2) is 24.3 Å². The number of carbonyl (C=O) groups is 1. The average molecular weight is 368 g/mol. The van der Waals surface area contributed by atoms with Crippen LogP contribution in [-0.2, 0) is 16.1 Å². The van der Waals surface area contributed by atoms with Crippen LogP contribution in [0.2, 0.25) is 0 Å². The molecule has 0 amide bonds. The normalized spacial score (nSPS) is 17.7. The van der Waals surface area contributed by atoms with Crippen LogP contribution in [0.5, 0.6) is 0 Å². The molecule has 1 unspecified atom stereocenters. The Morgan fingerprint density at radius 3 is 2.62 bits per heavy atom. The van der Waals surface area contributed by atoms with Crippen molar-refractivity contribution in [3.05, 3.63) is 35.4 Å². The summed E-state index contributed by atoms with van der Waals surface area (Å²) in [4.78, 5) is 12.9. The van der Waals surface area contributed by atoms with Gasteiger partial charge in [0, 0.05) is 31.2 Å². The van der Waals surface area contributed by atoms with Gasteiger partial charge >= 0.3 is 12.1 Å². The molecule has 1 aliphatic rings. The van der Waals surface area contributed by atoms with E-state index < -0.39 is 12.1 Å². The Labute approximate surface area is 151 Å². The van der Waals surface area contributed by atoms with E-state index in [-0.39, 0.29) is 19.2 Å². The number of benzene rings is 1. The number of piperidine rings is 1. The first-order chi connectivity index (χ1) is 12.4. The SMILES string of the molecule is C#Cc1ccc(CN(CCOC(=O)C(F)(F)F)CC2CCCCN2)cc1. The molecule has 1 atom stereocenters. The predicted molar refractivity (Wildman–Crippen MR) is 92.3 cm³/mol. The summed E-state index contributed by atoms with van der Waals surface area (Å²) in [5, 5.41) is 3.42. The molecule has 4 nitrogen and oxygen atoms in total. The molecule has 1 aromatic carbocycles. The minimum absolute atomic E-state index is 0.233. The highest BCUT2D eigenvalue weighted by Gasteiger charge is 2.40. The van der Waals surface area contributed by atoms with Gasteiger partial charge in [-0.3, -0.25) is 4.90 Å². The van der Waals surface area contributed by atoms with Gasteiger partial charge < -0.3 is 10.1 Å². The predicted octanol–water partition coefficient (Wildman–Crippen LogP) is 2.72. The van der Waals surface area contributed by atoms with Gasteiger partial charge in [-0.2, -0.15) is 13.2 Å². The number of nitrogens with zero attached hydrogens (tertiary/aromatic N) is 1. The van der Waals surface area contributed by atoms with Crippen molar-refractivity contribution in [2.24, 2.45) is 0 Å². The van der Waals surface area contributed by atoms with E-state index in [2.05, 4.69) is 16.0 Å². The lowest BCUT2D eigenvalue weighted by atomic mass is 10.0. The van der Waals surface area contributed by atoms with Gasteiger partial charge in [-0.05, 0) is 37.1 Å². The molecule has 142 valence electrons. The second-order valence-electron chi connectivity index (χ2n) is 6.36. The van der Waals surface area contributed by atoms with Crippen molar-refractivity contribution in [1.82, 2.24) is 10.2 Å². The van der Waals surface area contributed by atoms with Gasteiger partial charge in [0.2, 0.25) is 0 Å². The number of hydrogen-bond donors (Lipinski definition) is 1. The Bertz CT molecular complexity index is 617. The molecule has 2 rings (SSSR count). The second kappa shape index (κ2) is 9.60. The highest BCUT2D eigenvalue weighted by Crippen LogP contribution is 2.17. The minimum Gasteiger partial charge on any atom is -0.458 e. The highest BCUT2D eigenvalue weighted by atomic mass is 19.4. The monoisotopic (exact) mass is 368 g/mol. The molecular formula is C19H23F3N2O2. The van der Waals surface area contributed by atoms with E-state index in [1.54, 1.807) is 0 Å². The molecule has 26 heavy (non-hydrogen) atoms. The van der Waals surface area contributed by atoms with Crippen LogP contribution in [0.3, 0.4) is 0 Å². The van der Waals surface area contributed by atoms with Crippen molar-refractivity contribution in [2.75, 3.05) is 26.2 Å². The maximum absolute atomic E-state index is 12.3. The largest absolute Gasteiger partial charge is 0.490 e. The average Bonchev–Trinajstić information content (AvgIpc) is 2.62. The molecule has 0 aliphatic carbocycles. The molecule has 1 N–H and O–H groups in total. The zero-order valence-electron chi connectivity index (χ0n) is 14.5. The quantitative estimate of drug-likeness (QED) is 0.594. The molecule has 1 aliphatic heterocycles. The van der Waals surface area contributed by atoms with Gasteiger partial charge in [0.25, 0.3) is 0 Å². The van der Waals surface area contributed by atoms with Crippen molar-refractivity contribution >= 4 is 5.97 Å². The van der Waals surface area contributed by atoms with Crippen LogP contribution in [-0.4, -0.2) is 49.3 Å². The topological polar surface area (TPSA) is 41.6 Å². The smallest absolute Gasteiger partial charge is 0.458 e. The molecule has 1 fully saturated rings. The molecule has 0 aromatic heterocycles.